The Bertz CT molecular complexity index is 467. The van der Waals surface area contributed by atoms with E-state index in [-0.39, 0.29) is 11.6 Å². The first-order valence-electron chi connectivity index (χ1n) is 4.06. The zero-order valence-corrected chi connectivity index (χ0v) is 9.59. The Morgan fingerprint density at radius 1 is 1.50 bits per heavy atom. The molecule has 0 aliphatic rings. The third-order valence-electron chi connectivity index (χ3n) is 1.56. The average molecular weight is 286 g/mol. The lowest BCUT2D eigenvalue weighted by Crippen LogP contribution is -2.21. The zero-order chi connectivity index (χ0) is 12.1. The van der Waals surface area contributed by atoms with Gasteiger partial charge in [0, 0.05) is 22.2 Å². The number of hydrogen-bond donors (Lipinski definition) is 2. The summed E-state index contributed by atoms with van der Waals surface area (Å²) in [6.07, 6.45) is 1.38. The monoisotopic (exact) mass is 285 g/mol. The summed E-state index contributed by atoms with van der Waals surface area (Å²) in [6, 6.07) is 4.27. The van der Waals surface area contributed by atoms with Crippen molar-refractivity contribution in [2.45, 2.75) is 0 Å². The molecule has 1 aromatic rings. The number of nitrogens with two attached hydrogens (primary N) is 2. The fourth-order valence-corrected chi connectivity index (χ4v) is 1.36. The summed E-state index contributed by atoms with van der Waals surface area (Å²) in [5, 5.41) is 17.5. The Morgan fingerprint density at radius 2 is 2.19 bits per heavy atom. The fourth-order valence-electron chi connectivity index (χ4n) is 0.892. The molecule has 0 saturated carbocycles. The van der Waals surface area contributed by atoms with Crippen molar-refractivity contribution in [1.82, 2.24) is 0 Å². The van der Waals surface area contributed by atoms with E-state index in [4.69, 9.17) is 11.5 Å². The van der Waals surface area contributed by atoms with Gasteiger partial charge in [-0.1, -0.05) is 0 Å². The first-order chi connectivity index (χ1) is 7.50. The van der Waals surface area contributed by atoms with Crippen LogP contribution in [0.15, 0.2) is 32.9 Å². The summed E-state index contributed by atoms with van der Waals surface area (Å²) >= 11 is 3.18. The van der Waals surface area contributed by atoms with Crippen LogP contribution in [0.2, 0.25) is 0 Å². The van der Waals surface area contributed by atoms with Gasteiger partial charge in [-0.25, -0.2) is 0 Å². The molecule has 0 aromatic heterocycles. The van der Waals surface area contributed by atoms with E-state index in [0.29, 0.717) is 10.0 Å². The largest absolute Gasteiger partial charge is 0.369 e. The van der Waals surface area contributed by atoms with Crippen molar-refractivity contribution in [3.63, 3.8) is 0 Å². The second-order valence-corrected chi connectivity index (χ2v) is 3.59. The summed E-state index contributed by atoms with van der Waals surface area (Å²) in [5.41, 5.74) is 10.8. The van der Waals surface area contributed by atoms with E-state index < -0.39 is 4.92 Å². The van der Waals surface area contributed by atoms with Gasteiger partial charge in [-0.05, 0) is 22.0 Å². The summed E-state index contributed by atoms with van der Waals surface area (Å²) in [5.74, 6) is -0.158. The highest BCUT2D eigenvalue weighted by Crippen LogP contribution is 2.21. The van der Waals surface area contributed by atoms with Gasteiger partial charge in [0.1, 0.15) is 0 Å². The van der Waals surface area contributed by atoms with Gasteiger partial charge in [0.25, 0.3) is 5.69 Å². The molecule has 0 spiro atoms. The molecule has 0 unspecified atom stereocenters. The molecule has 4 N–H and O–H groups in total. The highest BCUT2D eigenvalue weighted by molar-refractivity contribution is 9.10. The molecule has 16 heavy (non-hydrogen) atoms. The smallest absolute Gasteiger partial charge is 0.270 e. The Kier molecular flexibility index (Phi) is 3.95. The van der Waals surface area contributed by atoms with E-state index in [9.17, 15) is 10.1 Å². The van der Waals surface area contributed by atoms with Crippen LogP contribution in [0.4, 0.5) is 5.69 Å². The third kappa shape index (κ3) is 3.31. The lowest BCUT2D eigenvalue weighted by molar-refractivity contribution is -0.384. The van der Waals surface area contributed by atoms with Gasteiger partial charge in [0.15, 0.2) is 0 Å². The Morgan fingerprint density at radius 3 is 2.69 bits per heavy atom. The van der Waals surface area contributed by atoms with E-state index >= 15 is 0 Å². The van der Waals surface area contributed by atoms with Crippen molar-refractivity contribution in [2.75, 3.05) is 0 Å². The number of guanidine groups is 1. The summed E-state index contributed by atoms with van der Waals surface area (Å²) in [6.45, 7) is 0. The molecule has 1 rings (SSSR count). The first kappa shape index (κ1) is 12.1. The van der Waals surface area contributed by atoms with Crippen LogP contribution < -0.4 is 11.5 Å². The first-order valence-corrected chi connectivity index (χ1v) is 4.86. The number of nitrogens with zero attached hydrogens (tertiary/aromatic N) is 3. The van der Waals surface area contributed by atoms with Crippen LogP contribution >= 0.6 is 15.9 Å². The van der Waals surface area contributed by atoms with Crippen molar-refractivity contribution in [3.8, 4) is 0 Å². The Labute approximate surface area is 99.1 Å². The van der Waals surface area contributed by atoms with Gasteiger partial charge in [-0.2, -0.15) is 5.10 Å². The molecule has 0 aliphatic heterocycles. The summed E-state index contributed by atoms with van der Waals surface area (Å²) in [4.78, 5) is 9.98. The molecular formula is C8H8BrN5O2. The maximum Gasteiger partial charge on any atom is 0.270 e. The van der Waals surface area contributed by atoms with Gasteiger partial charge in [0.05, 0.1) is 11.1 Å². The minimum Gasteiger partial charge on any atom is -0.369 e. The van der Waals surface area contributed by atoms with Gasteiger partial charge >= 0.3 is 0 Å². The van der Waals surface area contributed by atoms with Gasteiger partial charge in [-0.15, -0.1) is 5.10 Å². The SMILES string of the molecule is NC(N)=NN=Cc1ccc([N+](=O)[O-])cc1Br. The van der Waals surface area contributed by atoms with Crippen LogP contribution in [-0.4, -0.2) is 17.1 Å². The summed E-state index contributed by atoms with van der Waals surface area (Å²) < 4.78 is 0.538. The molecule has 0 aliphatic carbocycles. The van der Waals surface area contributed by atoms with Crippen LogP contribution in [0.5, 0.6) is 0 Å². The van der Waals surface area contributed by atoms with Crippen LogP contribution in [0, 0.1) is 10.1 Å². The second-order valence-electron chi connectivity index (χ2n) is 2.73. The van der Waals surface area contributed by atoms with Crippen molar-refractivity contribution in [1.29, 1.82) is 0 Å². The molecule has 7 nitrogen and oxygen atoms in total. The van der Waals surface area contributed by atoms with Crippen LogP contribution in [0.3, 0.4) is 0 Å². The van der Waals surface area contributed by atoms with Gasteiger partial charge in [-0.3, -0.25) is 10.1 Å². The molecule has 0 fully saturated rings. The summed E-state index contributed by atoms with van der Waals surface area (Å²) in [7, 11) is 0. The highest BCUT2D eigenvalue weighted by Gasteiger charge is 2.07. The number of nitro benzene ring substituents is 1. The number of halogens is 1. The van der Waals surface area contributed by atoms with E-state index in [1.54, 1.807) is 0 Å². The molecule has 0 heterocycles. The standard InChI is InChI=1S/C8H8BrN5O2/c9-7-3-6(14(15)16)2-1-5(7)4-12-13-8(10)11/h1-4H,(H4,10,11,13). The number of hydrogen-bond acceptors (Lipinski definition) is 4. The number of nitro groups is 1. The minimum atomic E-state index is -0.484. The van der Waals surface area contributed by atoms with E-state index in [1.807, 2.05) is 0 Å². The van der Waals surface area contributed by atoms with E-state index in [1.165, 1.54) is 24.4 Å². The van der Waals surface area contributed by atoms with Gasteiger partial charge in [0.2, 0.25) is 5.96 Å². The average Bonchev–Trinajstić information content (AvgIpc) is 2.19. The number of rotatable bonds is 3. The molecule has 84 valence electrons. The van der Waals surface area contributed by atoms with Crippen molar-refractivity contribution >= 4 is 33.8 Å². The number of non-ortho nitro benzene ring substituents is 1. The third-order valence-corrected chi connectivity index (χ3v) is 2.25. The second kappa shape index (κ2) is 5.21. The molecule has 0 atom stereocenters. The topological polar surface area (TPSA) is 120 Å². The molecule has 0 radical (unpaired) electrons. The molecule has 8 heteroatoms. The fraction of sp³-hybridized carbons (Fsp3) is 0. The van der Waals surface area contributed by atoms with E-state index in [2.05, 4.69) is 26.1 Å². The number of benzene rings is 1. The predicted octanol–water partition coefficient (Wildman–Crippen LogP) is 0.965. The van der Waals surface area contributed by atoms with Crippen LogP contribution in [0.25, 0.3) is 0 Å². The van der Waals surface area contributed by atoms with E-state index in [0.717, 1.165) is 0 Å². The van der Waals surface area contributed by atoms with Crippen LogP contribution in [0.1, 0.15) is 5.56 Å². The lowest BCUT2D eigenvalue weighted by atomic mass is 10.2. The zero-order valence-electron chi connectivity index (χ0n) is 8.00. The normalized spacial score (nSPS) is 10.3. The van der Waals surface area contributed by atoms with Crippen molar-refractivity contribution in [3.05, 3.63) is 38.3 Å². The quantitative estimate of drug-likeness (QED) is 0.372. The maximum absolute atomic E-state index is 10.5. The molecule has 0 saturated heterocycles. The lowest BCUT2D eigenvalue weighted by Gasteiger charge is -1.96. The van der Waals surface area contributed by atoms with Crippen molar-refractivity contribution < 1.29 is 4.92 Å². The Hall–Kier alpha value is -1.96. The molecular weight excluding hydrogens is 278 g/mol. The minimum absolute atomic E-state index is 0.00846. The maximum atomic E-state index is 10.5. The van der Waals surface area contributed by atoms with Crippen LogP contribution in [-0.2, 0) is 0 Å². The predicted molar refractivity (Wildman–Crippen MR) is 64.2 cm³/mol. The highest BCUT2D eigenvalue weighted by atomic mass is 79.9. The van der Waals surface area contributed by atoms with Crippen molar-refractivity contribution in [2.24, 2.45) is 21.7 Å². The molecule has 0 amide bonds. The Balaban J connectivity index is 2.96. The molecule has 0 bridgehead atoms. The van der Waals surface area contributed by atoms with Gasteiger partial charge < -0.3 is 11.5 Å². The molecule has 1 aromatic carbocycles.